The van der Waals surface area contributed by atoms with Gasteiger partial charge in [0.25, 0.3) is 0 Å². The molecule has 5 nitrogen and oxygen atoms in total. The normalized spacial score (nSPS) is 27.9. The number of imide groups is 1. The minimum Gasteiger partial charge on any atom is -0.459 e. The van der Waals surface area contributed by atoms with Gasteiger partial charge in [0.05, 0.1) is 11.8 Å². The van der Waals surface area contributed by atoms with Crippen molar-refractivity contribution in [3.63, 3.8) is 0 Å². The molecular weight excluding hydrogens is 509 g/mol. The number of amides is 2. The van der Waals surface area contributed by atoms with E-state index in [0.717, 1.165) is 10.5 Å². The standard InChI is InChI=1S/C27H18Cl3NO4/c28-16-11-9-15(10-12-16)14-35-21(32)13-31-24(33)22-23(25(31)34)27(30)18-6-2-1-5-17(18)26(22,29)19-7-3-4-8-20(19)27/h1-12,22-23H,13-14H2/t22-,23-,26?,27?/m1/s1. The van der Waals surface area contributed by atoms with E-state index in [4.69, 9.17) is 39.5 Å². The molecule has 3 aromatic rings. The van der Waals surface area contributed by atoms with Crippen LogP contribution in [0.5, 0.6) is 0 Å². The first-order chi connectivity index (χ1) is 16.8. The zero-order valence-corrected chi connectivity index (χ0v) is 20.5. The van der Waals surface area contributed by atoms with Crippen molar-refractivity contribution in [2.75, 3.05) is 6.54 Å². The van der Waals surface area contributed by atoms with Crippen molar-refractivity contribution < 1.29 is 19.1 Å². The summed E-state index contributed by atoms with van der Waals surface area (Å²) in [5, 5.41) is 0.567. The van der Waals surface area contributed by atoms with Crippen molar-refractivity contribution in [2.45, 2.75) is 16.4 Å². The second-order valence-corrected chi connectivity index (χ2v) is 10.6. The summed E-state index contributed by atoms with van der Waals surface area (Å²) >= 11 is 20.6. The van der Waals surface area contributed by atoms with Crippen LogP contribution in [-0.2, 0) is 35.5 Å². The summed E-state index contributed by atoms with van der Waals surface area (Å²) in [6.07, 6.45) is 0. The molecule has 0 unspecified atom stereocenters. The van der Waals surface area contributed by atoms with Crippen LogP contribution in [0, 0.1) is 11.8 Å². The Morgan fingerprint density at radius 3 is 1.63 bits per heavy atom. The third-order valence-corrected chi connectivity index (χ3v) is 8.81. The lowest BCUT2D eigenvalue weighted by atomic mass is 9.54. The fourth-order valence-electron chi connectivity index (χ4n) is 5.80. The molecule has 2 amide bonds. The monoisotopic (exact) mass is 525 g/mol. The van der Waals surface area contributed by atoms with E-state index in [2.05, 4.69) is 0 Å². The first kappa shape index (κ1) is 22.6. The van der Waals surface area contributed by atoms with Gasteiger partial charge >= 0.3 is 5.97 Å². The van der Waals surface area contributed by atoms with E-state index in [1.807, 2.05) is 48.5 Å². The highest BCUT2D eigenvalue weighted by Gasteiger charge is 2.73. The lowest BCUT2D eigenvalue weighted by Crippen LogP contribution is -2.57. The van der Waals surface area contributed by atoms with Gasteiger partial charge in [-0.25, -0.2) is 0 Å². The van der Waals surface area contributed by atoms with Gasteiger partial charge in [-0.1, -0.05) is 72.3 Å². The van der Waals surface area contributed by atoms with E-state index in [-0.39, 0.29) is 6.61 Å². The van der Waals surface area contributed by atoms with Gasteiger partial charge in [0.2, 0.25) is 11.8 Å². The van der Waals surface area contributed by atoms with Gasteiger partial charge in [-0.15, -0.1) is 23.2 Å². The molecule has 2 atom stereocenters. The van der Waals surface area contributed by atoms with Crippen LogP contribution in [0.15, 0.2) is 72.8 Å². The summed E-state index contributed by atoms with van der Waals surface area (Å²) in [5.74, 6) is -3.62. The lowest BCUT2D eigenvalue weighted by Gasteiger charge is -2.54. The number of ether oxygens (including phenoxy) is 1. The first-order valence-electron chi connectivity index (χ1n) is 11.1. The molecule has 2 bridgehead atoms. The number of likely N-dealkylation sites (tertiary alicyclic amines) is 1. The number of nitrogens with zero attached hydrogens (tertiary/aromatic N) is 1. The fourth-order valence-corrected chi connectivity index (χ4v) is 7.02. The SMILES string of the molecule is O=C(CN1C(=O)[C@H]2[C@H](C1=O)C1(Cl)c3ccccc3C2(Cl)c2ccccc21)OCc1ccc(Cl)cc1. The van der Waals surface area contributed by atoms with Crippen LogP contribution in [-0.4, -0.2) is 29.2 Å². The number of alkyl halides is 2. The van der Waals surface area contributed by atoms with Gasteiger partial charge in [0.1, 0.15) is 22.9 Å². The van der Waals surface area contributed by atoms with Crippen LogP contribution < -0.4 is 0 Å². The van der Waals surface area contributed by atoms with Crippen LogP contribution in [0.4, 0.5) is 0 Å². The minimum absolute atomic E-state index is 0.00511. The summed E-state index contributed by atoms with van der Waals surface area (Å²) in [6, 6.07) is 21.6. The molecular formula is C27H18Cl3NO4. The Bertz CT molecular complexity index is 1280. The van der Waals surface area contributed by atoms with Crippen LogP contribution in [0.1, 0.15) is 27.8 Å². The number of rotatable bonds is 4. The fraction of sp³-hybridized carbons (Fsp3) is 0.222. The smallest absolute Gasteiger partial charge is 0.326 e. The van der Waals surface area contributed by atoms with Crippen LogP contribution in [0.25, 0.3) is 0 Å². The Balaban J connectivity index is 1.35. The molecule has 176 valence electrons. The van der Waals surface area contributed by atoms with E-state index in [1.54, 1.807) is 24.3 Å². The molecule has 3 aromatic carbocycles. The second kappa shape index (κ2) is 7.82. The van der Waals surface area contributed by atoms with Gasteiger partial charge in [-0.2, -0.15) is 0 Å². The summed E-state index contributed by atoms with van der Waals surface area (Å²) in [5.41, 5.74) is 3.59. The Hall–Kier alpha value is -2.86. The molecule has 1 fully saturated rings. The van der Waals surface area contributed by atoms with Crippen LogP contribution in [0.2, 0.25) is 5.02 Å². The van der Waals surface area contributed by atoms with Crippen molar-refractivity contribution in [1.29, 1.82) is 0 Å². The Morgan fingerprint density at radius 2 is 1.20 bits per heavy atom. The quantitative estimate of drug-likeness (QED) is 0.273. The minimum atomic E-state index is -1.27. The maximum atomic E-state index is 13.7. The molecule has 35 heavy (non-hydrogen) atoms. The first-order valence-corrected chi connectivity index (χ1v) is 12.2. The van der Waals surface area contributed by atoms with Gasteiger partial charge in [0, 0.05) is 5.02 Å². The molecule has 0 N–H and O–H groups in total. The van der Waals surface area contributed by atoms with Gasteiger partial charge in [-0.05, 0) is 39.9 Å². The predicted molar refractivity (Wildman–Crippen MR) is 131 cm³/mol. The van der Waals surface area contributed by atoms with E-state index in [9.17, 15) is 14.4 Å². The third-order valence-electron chi connectivity index (χ3n) is 7.28. The number of carbonyl (C=O) groups excluding carboxylic acids is 3. The maximum Gasteiger partial charge on any atom is 0.326 e. The van der Waals surface area contributed by atoms with Gasteiger partial charge < -0.3 is 4.74 Å². The van der Waals surface area contributed by atoms with Crippen LogP contribution in [0.3, 0.4) is 0 Å². The zero-order chi connectivity index (χ0) is 24.5. The van der Waals surface area contributed by atoms with E-state index in [0.29, 0.717) is 27.3 Å². The van der Waals surface area contributed by atoms with Crippen LogP contribution >= 0.6 is 34.8 Å². The Kier molecular flexibility index (Phi) is 5.05. The Labute approximate surface area is 216 Å². The highest BCUT2D eigenvalue weighted by atomic mass is 35.5. The number of hydrogen-bond acceptors (Lipinski definition) is 4. The molecule has 0 aromatic heterocycles. The average Bonchev–Trinajstić information content (AvgIpc) is 3.13. The molecule has 0 saturated carbocycles. The summed E-state index contributed by atoms with van der Waals surface area (Å²) < 4.78 is 5.33. The average molecular weight is 527 g/mol. The number of benzene rings is 3. The summed E-state index contributed by atoms with van der Waals surface area (Å²) in [4.78, 5) is 38.4. The lowest BCUT2D eigenvalue weighted by molar-refractivity contribution is -0.153. The van der Waals surface area contributed by atoms with Crippen molar-refractivity contribution in [3.8, 4) is 0 Å². The zero-order valence-electron chi connectivity index (χ0n) is 18.2. The molecule has 1 heterocycles. The second-order valence-electron chi connectivity index (χ2n) is 9.02. The molecule has 4 aliphatic rings. The molecule has 1 saturated heterocycles. The number of halogens is 3. The molecule has 8 heteroatoms. The van der Waals surface area contributed by atoms with Crippen molar-refractivity contribution in [3.05, 3.63) is 106 Å². The molecule has 3 aliphatic carbocycles. The summed E-state index contributed by atoms with van der Waals surface area (Å²) in [6.45, 7) is -0.514. The van der Waals surface area contributed by atoms with Crippen molar-refractivity contribution in [2.24, 2.45) is 11.8 Å². The third kappa shape index (κ3) is 2.98. The van der Waals surface area contributed by atoms with E-state index >= 15 is 0 Å². The molecule has 0 spiro atoms. The van der Waals surface area contributed by atoms with E-state index < -0.39 is 45.9 Å². The van der Waals surface area contributed by atoms with Crippen molar-refractivity contribution >= 4 is 52.6 Å². The van der Waals surface area contributed by atoms with Gasteiger partial charge in [0.15, 0.2) is 0 Å². The highest BCUT2D eigenvalue weighted by Crippen LogP contribution is 2.69. The molecule has 1 aliphatic heterocycles. The topological polar surface area (TPSA) is 63.7 Å². The molecule has 0 radical (unpaired) electrons. The number of esters is 1. The largest absolute Gasteiger partial charge is 0.459 e. The van der Waals surface area contributed by atoms with Gasteiger partial charge in [-0.3, -0.25) is 19.3 Å². The number of hydrogen-bond donors (Lipinski definition) is 0. The highest BCUT2D eigenvalue weighted by molar-refractivity contribution is 6.36. The summed E-state index contributed by atoms with van der Waals surface area (Å²) in [7, 11) is 0. The maximum absolute atomic E-state index is 13.7. The Morgan fingerprint density at radius 1 is 0.771 bits per heavy atom. The molecule has 7 rings (SSSR count). The van der Waals surface area contributed by atoms with Crippen molar-refractivity contribution in [1.82, 2.24) is 4.90 Å². The van der Waals surface area contributed by atoms with E-state index in [1.165, 1.54) is 0 Å². The predicted octanol–water partition coefficient (Wildman–Crippen LogP) is 4.98. The number of carbonyl (C=O) groups is 3.